The number of hydrogen-bond donors (Lipinski definition) is 1. The summed E-state index contributed by atoms with van der Waals surface area (Å²) in [7, 11) is -3.64. The number of amidine groups is 1. The number of hydrogen-bond acceptors (Lipinski definition) is 6. The fraction of sp³-hybridized carbons (Fsp3) is 0.471. The van der Waals surface area contributed by atoms with Crippen molar-refractivity contribution in [3.05, 3.63) is 29.8 Å². The van der Waals surface area contributed by atoms with E-state index in [9.17, 15) is 18.0 Å². The van der Waals surface area contributed by atoms with Gasteiger partial charge in [-0.15, -0.1) is 0 Å². The van der Waals surface area contributed by atoms with E-state index in [0.29, 0.717) is 24.6 Å². The average Bonchev–Trinajstić information content (AvgIpc) is 2.89. The van der Waals surface area contributed by atoms with E-state index in [1.54, 1.807) is 23.1 Å². The van der Waals surface area contributed by atoms with Crippen LogP contribution in [-0.2, 0) is 24.3 Å². The minimum Gasteiger partial charge on any atom is -0.454 e. The molecular weight excluding hydrogens is 358 g/mol. The smallest absolute Gasteiger partial charge is 0.328 e. The van der Waals surface area contributed by atoms with E-state index in [1.807, 2.05) is 0 Å². The second-order valence-electron chi connectivity index (χ2n) is 6.49. The van der Waals surface area contributed by atoms with Gasteiger partial charge in [0.15, 0.2) is 6.61 Å². The van der Waals surface area contributed by atoms with Gasteiger partial charge in [0, 0.05) is 18.7 Å². The summed E-state index contributed by atoms with van der Waals surface area (Å²) >= 11 is 0. The molecule has 1 amide bonds. The molecule has 2 aliphatic heterocycles. The monoisotopic (exact) mass is 379 g/mol. The lowest BCUT2D eigenvalue weighted by atomic mass is 9.99. The molecule has 1 N–H and O–H groups in total. The summed E-state index contributed by atoms with van der Waals surface area (Å²) in [6, 6.07) is 6.38. The van der Waals surface area contributed by atoms with Crippen LogP contribution in [0.3, 0.4) is 0 Å². The first-order chi connectivity index (χ1) is 12.4. The van der Waals surface area contributed by atoms with Gasteiger partial charge in [-0.25, -0.2) is 8.42 Å². The number of nitrogens with one attached hydrogen (secondary N) is 1. The number of sulfonamides is 1. The molecule has 1 aromatic carbocycles. The third-order valence-electron chi connectivity index (χ3n) is 4.52. The number of esters is 1. The molecule has 0 unspecified atom stereocenters. The highest BCUT2D eigenvalue weighted by atomic mass is 32.2. The lowest BCUT2D eigenvalue weighted by Gasteiger charge is -2.30. The summed E-state index contributed by atoms with van der Waals surface area (Å²) in [4.78, 5) is 29.7. The zero-order valence-electron chi connectivity index (χ0n) is 14.5. The molecule has 0 aromatic heterocycles. The Morgan fingerprint density at radius 1 is 1.27 bits per heavy atom. The summed E-state index contributed by atoms with van der Waals surface area (Å²) in [5, 5.41) is 0. The Kier molecular flexibility index (Phi) is 5.26. The Bertz CT molecular complexity index is 842. The molecule has 3 rings (SSSR count). The summed E-state index contributed by atoms with van der Waals surface area (Å²) in [5.74, 6) is -0.186. The molecule has 0 spiro atoms. The van der Waals surface area contributed by atoms with Crippen LogP contribution < -0.4 is 4.72 Å². The Hall–Kier alpha value is -2.42. The van der Waals surface area contributed by atoms with Gasteiger partial charge in [-0.1, -0.05) is 19.1 Å². The predicted octanol–water partition coefficient (Wildman–Crippen LogP) is 0.527. The molecule has 9 heteroatoms. The number of rotatable bonds is 4. The summed E-state index contributed by atoms with van der Waals surface area (Å²) in [6.07, 6.45) is 1.90. The quantitative estimate of drug-likeness (QED) is 0.768. The minimum absolute atomic E-state index is 0.105. The van der Waals surface area contributed by atoms with Crippen molar-refractivity contribution in [2.45, 2.75) is 24.7 Å². The topological polar surface area (TPSA) is 105 Å². The van der Waals surface area contributed by atoms with Crippen LogP contribution in [0.2, 0.25) is 0 Å². The van der Waals surface area contributed by atoms with Crippen LogP contribution in [0.4, 0.5) is 0 Å². The SMILES string of the molecule is CC1CCN(C(=O)COC(=O)CN=C2NS(=O)(=O)c3ccccc32)CC1. The number of fused-ring (bicyclic) bond motifs is 1. The molecule has 26 heavy (non-hydrogen) atoms. The zero-order chi connectivity index (χ0) is 18.7. The fourth-order valence-corrected chi connectivity index (χ4v) is 4.18. The molecule has 1 fully saturated rings. The van der Waals surface area contributed by atoms with Gasteiger partial charge in [-0.2, -0.15) is 0 Å². The number of carbonyl (C=O) groups is 2. The first kappa shape index (κ1) is 18.4. The van der Waals surface area contributed by atoms with Crippen LogP contribution in [0.25, 0.3) is 0 Å². The fourth-order valence-electron chi connectivity index (χ4n) is 2.93. The number of aliphatic imine (C=N–C) groups is 1. The van der Waals surface area contributed by atoms with Crippen LogP contribution in [-0.4, -0.2) is 57.3 Å². The highest BCUT2D eigenvalue weighted by molar-refractivity contribution is 7.90. The van der Waals surface area contributed by atoms with E-state index in [0.717, 1.165) is 12.8 Å². The molecular formula is C17H21N3O5S. The number of nitrogens with zero attached hydrogens (tertiary/aromatic N) is 2. The molecule has 1 aromatic rings. The molecule has 0 aliphatic carbocycles. The maximum atomic E-state index is 12.0. The van der Waals surface area contributed by atoms with Crippen molar-refractivity contribution in [2.24, 2.45) is 10.9 Å². The summed E-state index contributed by atoms with van der Waals surface area (Å²) < 4.78 is 31.2. The number of likely N-dealkylation sites (tertiary alicyclic amines) is 1. The van der Waals surface area contributed by atoms with E-state index in [2.05, 4.69) is 16.6 Å². The Balaban J connectivity index is 1.53. The van der Waals surface area contributed by atoms with Gasteiger partial charge in [-0.3, -0.25) is 19.3 Å². The van der Waals surface area contributed by atoms with Crippen LogP contribution in [0, 0.1) is 5.92 Å². The van der Waals surface area contributed by atoms with Gasteiger partial charge in [0.05, 0.1) is 4.90 Å². The van der Waals surface area contributed by atoms with Crippen molar-refractivity contribution in [3.63, 3.8) is 0 Å². The van der Waals surface area contributed by atoms with Gasteiger partial charge in [0.2, 0.25) is 0 Å². The van der Waals surface area contributed by atoms with Crippen molar-refractivity contribution in [1.82, 2.24) is 9.62 Å². The molecule has 1 saturated heterocycles. The lowest BCUT2D eigenvalue weighted by molar-refractivity contribution is -0.151. The van der Waals surface area contributed by atoms with Gasteiger partial charge >= 0.3 is 5.97 Å². The van der Waals surface area contributed by atoms with Gasteiger partial charge in [0.25, 0.3) is 15.9 Å². The Labute approximate surface area is 152 Å². The Morgan fingerprint density at radius 3 is 2.69 bits per heavy atom. The van der Waals surface area contributed by atoms with Gasteiger partial charge in [0.1, 0.15) is 12.4 Å². The first-order valence-electron chi connectivity index (χ1n) is 8.47. The predicted molar refractivity (Wildman–Crippen MR) is 94.1 cm³/mol. The van der Waals surface area contributed by atoms with Crippen molar-refractivity contribution in [2.75, 3.05) is 26.2 Å². The van der Waals surface area contributed by atoms with Crippen molar-refractivity contribution in [1.29, 1.82) is 0 Å². The van der Waals surface area contributed by atoms with Crippen molar-refractivity contribution in [3.8, 4) is 0 Å². The first-order valence-corrected chi connectivity index (χ1v) is 9.95. The third-order valence-corrected chi connectivity index (χ3v) is 5.92. The van der Waals surface area contributed by atoms with Crippen LogP contribution >= 0.6 is 0 Å². The standard InChI is InChI=1S/C17H21N3O5S/c1-12-6-8-20(9-7-12)15(21)11-25-16(22)10-18-17-13-4-2-3-5-14(13)26(23,24)19-17/h2-5,12H,6-11H2,1H3,(H,18,19). The highest BCUT2D eigenvalue weighted by Gasteiger charge is 2.30. The second-order valence-corrected chi connectivity index (χ2v) is 8.14. The van der Waals surface area contributed by atoms with E-state index in [-0.39, 0.29) is 29.8 Å². The molecule has 0 atom stereocenters. The average molecular weight is 379 g/mol. The molecule has 8 nitrogen and oxygen atoms in total. The van der Waals surface area contributed by atoms with Crippen LogP contribution in [0.15, 0.2) is 34.2 Å². The number of piperidine rings is 1. The molecule has 0 bridgehead atoms. The van der Waals surface area contributed by atoms with E-state index in [4.69, 9.17) is 4.74 Å². The Morgan fingerprint density at radius 2 is 1.96 bits per heavy atom. The van der Waals surface area contributed by atoms with Gasteiger partial charge in [-0.05, 0) is 30.9 Å². The zero-order valence-corrected chi connectivity index (χ0v) is 15.3. The maximum absolute atomic E-state index is 12.0. The molecule has 0 radical (unpaired) electrons. The minimum atomic E-state index is -3.64. The van der Waals surface area contributed by atoms with E-state index < -0.39 is 16.0 Å². The highest BCUT2D eigenvalue weighted by Crippen LogP contribution is 2.22. The van der Waals surface area contributed by atoms with Crippen molar-refractivity contribution >= 4 is 27.7 Å². The maximum Gasteiger partial charge on any atom is 0.328 e. The number of carbonyl (C=O) groups excluding carboxylic acids is 2. The summed E-state index contributed by atoms with van der Waals surface area (Å²) in [6.45, 7) is 2.82. The van der Waals surface area contributed by atoms with Crippen LogP contribution in [0.1, 0.15) is 25.3 Å². The van der Waals surface area contributed by atoms with E-state index >= 15 is 0 Å². The second kappa shape index (κ2) is 7.45. The number of ether oxygens (including phenoxy) is 1. The molecule has 2 heterocycles. The lowest BCUT2D eigenvalue weighted by Crippen LogP contribution is -2.40. The number of benzene rings is 1. The number of amides is 1. The van der Waals surface area contributed by atoms with E-state index in [1.165, 1.54) is 6.07 Å². The summed E-state index contributed by atoms with van der Waals surface area (Å²) in [5.41, 5.74) is 0.416. The molecule has 140 valence electrons. The van der Waals surface area contributed by atoms with Crippen molar-refractivity contribution < 1.29 is 22.7 Å². The third kappa shape index (κ3) is 4.04. The largest absolute Gasteiger partial charge is 0.454 e. The normalized spacial score (nSPS) is 20.5. The van der Waals surface area contributed by atoms with Gasteiger partial charge < -0.3 is 9.64 Å². The van der Waals surface area contributed by atoms with Crippen LogP contribution in [0.5, 0.6) is 0 Å². The molecule has 0 saturated carbocycles. The molecule has 2 aliphatic rings.